The van der Waals surface area contributed by atoms with Crippen LogP contribution in [0.2, 0.25) is 0 Å². The maximum absolute atomic E-state index is 15.0. The van der Waals surface area contributed by atoms with E-state index < -0.39 is 23.3 Å². The van der Waals surface area contributed by atoms with Gasteiger partial charge in [-0.25, -0.2) is 17.6 Å². The summed E-state index contributed by atoms with van der Waals surface area (Å²) >= 11 is 0. The molecule has 1 heterocycles. The van der Waals surface area contributed by atoms with Crippen LogP contribution in [0, 0.1) is 29.2 Å². The Bertz CT molecular complexity index is 1180. The highest BCUT2D eigenvalue weighted by Crippen LogP contribution is 2.37. The van der Waals surface area contributed by atoms with Gasteiger partial charge in [-0.1, -0.05) is 49.8 Å². The van der Waals surface area contributed by atoms with Gasteiger partial charge in [0.2, 0.25) is 0 Å². The van der Waals surface area contributed by atoms with E-state index in [2.05, 4.69) is 17.1 Å². The molecule has 0 amide bonds. The predicted octanol–water partition coefficient (Wildman–Crippen LogP) is 8.77. The fourth-order valence-corrected chi connectivity index (χ4v) is 4.94. The highest BCUT2D eigenvalue weighted by molar-refractivity contribution is 5.71. The molecule has 178 valence electrons. The fraction of sp³-hybridized carbons (Fsp3) is 0.345. The van der Waals surface area contributed by atoms with Crippen molar-refractivity contribution in [3.8, 4) is 22.4 Å². The monoisotopic (exact) mass is 467 g/mol. The predicted molar refractivity (Wildman–Crippen MR) is 128 cm³/mol. The maximum Gasteiger partial charge on any atom is 0.168 e. The Labute approximate surface area is 198 Å². The molecule has 5 heteroatoms. The summed E-state index contributed by atoms with van der Waals surface area (Å²) < 4.78 is 58.9. The van der Waals surface area contributed by atoms with Crippen molar-refractivity contribution in [1.82, 2.24) is 4.98 Å². The Kier molecular flexibility index (Phi) is 7.50. The molecule has 3 aromatic rings. The fourth-order valence-electron chi connectivity index (χ4n) is 4.94. The summed E-state index contributed by atoms with van der Waals surface area (Å²) in [5.41, 5.74) is 1.02. The lowest BCUT2D eigenvalue weighted by Crippen LogP contribution is -2.12. The second-order valence-corrected chi connectivity index (χ2v) is 9.05. The van der Waals surface area contributed by atoms with Crippen molar-refractivity contribution in [1.29, 1.82) is 0 Å². The zero-order valence-corrected chi connectivity index (χ0v) is 19.6. The van der Waals surface area contributed by atoms with Crippen molar-refractivity contribution in [2.24, 2.45) is 5.92 Å². The molecule has 2 aromatic carbocycles. The van der Waals surface area contributed by atoms with Crippen LogP contribution in [-0.2, 0) is 6.42 Å². The minimum atomic E-state index is -1.22. The van der Waals surface area contributed by atoms with Gasteiger partial charge in [0.25, 0.3) is 0 Å². The summed E-state index contributed by atoms with van der Waals surface area (Å²) in [7, 11) is 0. The third-order valence-corrected chi connectivity index (χ3v) is 6.82. The van der Waals surface area contributed by atoms with Crippen LogP contribution in [0.25, 0.3) is 22.4 Å². The highest BCUT2D eigenvalue weighted by Gasteiger charge is 2.23. The maximum atomic E-state index is 15.0. The first-order valence-electron chi connectivity index (χ1n) is 12.0. The number of pyridine rings is 1. The van der Waals surface area contributed by atoms with Gasteiger partial charge in [0.15, 0.2) is 23.3 Å². The molecule has 1 aromatic heterocycles. The van der Waals surface area contributed by atoms with E-state index >= 15 is 0 Å². The van der Waals surface area contributed by atoms with Gasteiger partial charge in [0, 0.05) is 22.9 Å². The van der Waals surface area contributed by atoms with Crippen molar-refractivity contribution in [2.45, 2.75) is 58.3 Å². The number of aromatic nitrogens is 1. The molecule has 4 rings (SSSR count). The summed E-state index contributed by atoms with van der Waals surface area (Å²) in [5, 5.41) is 0. The molecular weight excluding hydrogens is 438 g/mol. The van der Waals surface area contributed by atoms with Crippen LogP contribution in [0.3, 0.4) is 0 Å². The number of hydrogen-bond acceptors (Lipinski definition) is 1. The molecule has 0 N–H and O–H groups in total. The SMILES string of the molecule is CC=CC1CCC(c2ccc(-c3ccc(-c4ccc(CCC)c(F)c4F)c(F)c3F)nc2)CC1. The third kappa shape index (κ3) is 4.79. The average molecular weight is 468 g/mol. The molecule has 34 heavy (non-hydrogen) atoms. The molecule has 1 fully saturated rings. The number of benzene rings is 2. The summed E-state index contributed by atoms with van der Waals surface area (Å²) in [6.45, 7) is 3.90. The Balaban J connectivity index is 1.58. The zero-order valence-electron chi connectivity index (χ0n) is 19.6. The van der Waals surface area contributed by atoms with Gasteiger partial charge in [0.05, 0.1) is 5.69 Å². The van der Waals surface area contributed by atoms with Gasteiger partial charge in [-0.15, -0.1) is 0 Å². The summed E-state index contributed by atoms with van der Waals surface area (Å²) in [6.07, 6.45) is 11.5. The summed E-state index contributed by atoms with van der Waals surface area (Å²) in [5.74, 6) is -3.47. The van der Waals surface area contributed by atoms with Gasteiger partial charge >= 0.3 is 0 Å². The minimum Gasteiger partial charge on any atom is -0.256 e. The Morgan fingerprint density at radius 2 is 1.41 bits per heavy atom. The summed E-state index contributed by atoms with van der Waals surface area (Å²) in [6, 6.07) is 9.01. The van der Waals surface area contributed by atoms with Crippen molar-refractivity contribution in [2.75, 3.05) is 0 Å². The first-order valence-corrected chi connectivity index (χ1v) is 12.0. The van der Waals surface area contributed by atoms with Gasteiger partial charge < -0.3 is 0 Å². The normalized spacial score (nSPS) is 18.5. The standard InChI is InChI=1S/C29H29F4N/c1-3-5-18-7-9-19(10-8-18)21-12-16-25(34-17-21)24-15-14-23(28(32)29(24)33)22-13-11-20(6-4-2)26(30)27(22)31/h3,5,11-19H,4,6-10H2,1-2H3. The van der Waals surface area contributed by atoms with Crippen molar-refractivity contribution < 1.29 is 17.6 Å². The molecule has 0 saturated heterocycles. The third-order valence-electron chi connectivity index (χ3n) is 6.82. The molecule has 1 saturated carbocycles. The van der Waals surface area contributed by atoms with E-state index in [9.17, 15) is 17.6 Å². The average Bonchev–Trinajstić information content (AvgIpc) is 2.85. The molecule has 1 aliphatic rings. The van der Waals surface area contributed by atoms with E-state index in [1.54, 1.807) is 12.3 Å². The molecule has 1 nitrogen and oxygen atoms in total. The number of hydrogen-bond donors (Lipinski definition) is 0. The van der Waals surface area contributed by atoms with Crippen LogP contribution in [0.5, 0.6) is 0 Å². The Morgan fingerprint density at radius 3 is 2.03 bits per heavy atom. The molecule has 0 radical (unpaired) electrons. The Hall–Kier alpha value is -2.95. The van der Waals surface area contributed by atoms with Gasteiger partial charge in [-0.3, -0.25) is 4.98 Å². The zero-order chi connectivity index (χ0) is 24.2. The van der Waals surface area contributed by atoms with Crippen molar-refractivity contribution in [3.05, 3.63) is 89.1 Å². The first kappa shape index (κ1) is 24.2. The number of aryl methyl sites for hydroxylation is 1. The number of nitrogens with zero attached hydrogens (tertiary/aromatic N) is 1. The van der Waals surface area contributed by atoms with E-state index in [4.69, 9.17) is 0 Å². The van der Waals surface area contributed by atoms with E-state index in [1.807, 2.05) is 19.9 Å². The van der Waals surface area contributed by atoms with Crippen LogP contribution in [0.15, 0.2) is 54.7 Å². The van der Waals surface area contributed by atoms with Gasteiger partial charge in [0.1, 0.15) is 0 Å². The molecular formula is C29H29F4N. The molecule has 1 aliphatic carbocycles. The smallest absolute Gasteiger partial charge is 0.168 e. The number of halogens is 4. The second kappa shape index (κ2) is 10.5. The van der Waals surface area contributed by atoms with Crippen molar-refractivity contribution in [3.63, 3.8) is 0 Å². The van der Waals surface area contributed by atoms with Crippen LogP contribution in [0.4, 0.5) is 17.6 Å². The van der Waals surface area contributed by atoms with Gasteiger partial charge in [-0.2, -0.15) is 0 Å². The largest absolute Gasteiger partial charge is 0.256 e. The van der Waals surface area contributed by atoms with E-state index in [1.165, 1.54) is 24.3 Å². The lowest BCUT2D eigenvalue weighted by molar-refractivity contribution is 0.375. The van der Waals surface area contributed by atoms with Crippen molar-refractivity contribution >= 4 is 0 Å². The Morgan fingerprint density at radius 1 is 0.794 bits per heavy atom. The molecule has 0 bridgehead atoms. The van der Waals surface area contributed by atoms with Gasteiger partial charge in [-0.05, 0) is 74.1 Å². The quantitative estimate of drug-likeness (QED) is 0.261. The minimum absolute atomic E-state index is 0.00641. The molecule has 0 aliphatic heterocycles. The highest BCUT2D eigenvalue weighted by atomic mass is 19.2. The first-order chi connectivity index (χ1) is 16.4. The summed E-state index contributed by atoms with van der Waals surface area (Å²) in [4.78, 5) is 4.39. The van der Waals surface area contributed by atoms with E-state index in [0.717, 1.165) is 31.2 Å². The number of rotatable bonds is 6. The van der Waals surface area contributed by atoms with E-state index in [-0.39, 0.29) is 22.3 Å². The lowest BCUT2D eigenvalue weighted by Gasteiger charge is -2.27. The topological polar surface area (TPSA) is 12.9 Å². The van der Waals surface area contributed by atoms with Crippen LogP contribution >= 0.6 is 0 Å². The van der Waals surface area contributed by atoms with Crippen LogP contribution in [0.1, 0.15) is 63.0 Å². The molecule has 0 unspecified atom stereocenters. The molecule has 0 spiro atoms. The second-order valence-electron chi connectivity index (χ2n) is 9.05. The lowest BCUT2D eigenvalue weighted by atomic mass is 9.79. The van der Waals surface area contributed by atoms with Crippen LogP contribution < -0.4 is 0 Å². The van der Waals surface area contributed by atoms with Crippen LogP contribution in [-0.4, -0.2) is 4.98 Å². The van der Waals surface area contributed by atoms with E-state index in [0.29, 0.717) is 30.4 Å². The molecule has 0 atom stereocenters. The number of allylic oxidation sites excluding steroid dienone is 2.